The second kappa shape index (κ2) is 9.37. The molecule has 20 heavy (non-hydrogen) atoms. The Bertz CT molecular complexity index is 389. The van der Waals surface area contributed by atoms with Gasteiger partial charge in [0.05, 0.1) is 6.54 Å². The molecule has 0 unspecified atom stereocenters. The zero-order valence-electron chi connectivity index (χ0n) is 13.3. The van der Waals surface area contributed by atoms with Crippen molar-refractivity contribution in [3.05, 3.63) is 35.9 Å². The van der Waals surface area contributed by atoms with Gasteiger partial charge >= 0.3 is 0 Å². The van der Waals surface area contributed by atoms with Crippen LogP contribution in [0, 0.1) is 0 Å². The largest absolute Gasteiger partial charge is 0.357 e. The fraction of sp³-hybridized carbons (Fsp3) is 0.562. The first kappa shape index (κ1) is 16.5. The van der Waals surface area contributed by atoms with E-state index in [4.69, 9.17) is 0 Å². The highest BCUT2D eigenvalue weighted by Crippen LogP contribution is 2.02. The normalized spacial score (nSPS) is 11.8. The highest BCUT2D eigenvalue weighted by Gasteiger charge is 2.06. The quantitative estimate of drug-likeness (QED) is 0.611. The van der Waals surface area contributed by atoms with E-state index in [0.29, 0.717) is 0 Å². The Morgan fingerprint density at radius 3 is 2.45 bits per heavy atom. The summed E-state index contributed by atoms with van der Waals surface area (Å²) >= 11 is 0. The SMILES string of the molecule is CCNC(=NCCN(C)CC)N(C)Cc1ccccc1. The molecule has 0 bridgehead atoms. The lowest BCUT2D eigenvalue weighted by molar-refractivity contribution is 0.361. The van der Waals surface area contributed by atoms with Crippen molar-refractivity contribution in [2.24, 2.45) is 4.99 Å². The topological polar surface area (TPSA) is 30.9 Å². The second-order valence-electron chi connectivity index (χ2n) is 4.97. The molecule has 0 aliphatic rings. The molecular formula is C16H28N4. The molecule has 0 atom stereocenters. The Kier molecular flexibility index (Phi) is 7.73. The third-order valence-electron chi connectivity index (χ3n) is 3.24. The highest BCUT2D eigenvalue weighted by molar-refractivity contribution is 5.79. The minimum absolute atomic E-state index is 0.825. The van der Waals surface area contributed by atoms with Crippen molar-refractivity contribution in [3.63, 3.8) is 0 Å². The average molecular weight is 276 g/mol. The predicted molar refractivity (Wildman–Crippen MR) is 87.1 cm³/mol. The van der Waals surface area contributed by atoms with Crippen molar-refractivity contribution in [2.45, 2.75) is 20.4 Å². The van der Waals surface area contributed by atoms with Crippen molar-refractivity contribution in [2.75, 3.05) is 40.3 Å². The summed E-state index contributed by atoms with van der Waals surface area (Å²) in [5.41, 5.74) is 1.30. The molecule has 0 saturated heterocycles. The molecule has 0 fully saturated rings. The highest BCUT2D eigenvalue weighted by atomic mass is 15.3. The van der Waals surface area contributed by atoms with E-state index in [1.165, 1.54) is 5.56 Å². The summed E-state index contributed by atoms with van der Waals surface area (Å²) in [5, 5.41) is 3.35. The summed E-state index contributed by atoms with van der Waals surface area (Å²) < 4.78 is 0. The van der Waals surface area contributed by atoms with Gasteiger partial charge in [0.1, 0.15) is 0 Å². The molecule has 0 aliphatic heterocycles. The number of hydrogen-bond acceptors (Lipinski definition) is 2. The van der Waals surface area contributed by atoms with Crippen molar-refractivity contribution in [3.8, 4) is 0 Å². The maximum atomic E-state index is 4.69. The number of benzene rings is 1. The minimum Gasteiger partial charge on any atom is -0.357 e. The van der Waals surface area contributed by atoms with Gasteiger partial charge in [-0.2, -0.15) is 0 Å². The van der Waals surface area contributed by atoms with Gasteiger partial charge in [0.25, 0.3) is 0 Å². The third-order valence-corrected chi connectivity index (χ3v) is 3.24. The fourth-order valence-electron chi connectivity index (χ4n) is 1.89. The lowest BCUT2D eigenvalue weighted by Crippen LogP contribution is -2.39. The molecule has 0 spiro atoms. The lowest BCUT2D eigenvalue weighted by atomic mass is 10.2. The predicted octanol–water partition coefficient (Wildman–Crippen LogP) is 2.04. The zero-order valence-corrected chi connectivity index (χ0v) is 13.3. The maximum absolute atomic E-state index is 4.69. The first-order valence-electron chi connectivity index (χ1n) is 7.39. The van der Waals surface area contributed by atoms with Crippen LogP contribution >= 0.6 is 0 Å². The van der Waals surface area contributed by atoms with Crippen molar-refractivity contribution >= 4 is 5.96 Å². The number of hydrogen-bond donors (Lipinski definition) is 1. The first-order valence-corrected chi connectivity index (χ1v) is 7.39. The van der Waals surface area contributed by atoms with Crippen LogP contribution in [-0.2, 0) is 6.54 Å². The maximum Gasteiger partial charge on any atom is 0.194 e. The Morgan fingerprint density at radius 2 is 1.85 bits per heavy atom. The minimum atomic E-state index is 0.825. The summed E-state index contributed by atoms with van der Waals surface area (Å²) in [4.78, 5) is 9.13. The van der Waals surface area contributed by atoms with Crippen molar-refractivity contribution in [1.82, 2.24) is 15.1 Å². The molecular weight excluding hydrogens is 248 g/mol. The van der Waals surface area contributed by atoms with E-state index in [0.717, 1.165) is 38.7 Å². The van der Waals surface area contributed by atoms with Crippen LogP contribution in [-0.4, -0.2) is 56.0 Å². The summed E-state index contributed by atoms with van der Waals surface area (Å²) in [6.45, 7) is 8.90. The van der Waals surface area contributed by atoms with E-state index in [-0.39, 0.29) is 0 Å². The number of rotatable bonds is 7. The van der Waals surface area contributed by atoms with E-state index < -0.39 is 0 Å². The number of nitrogens with zero attached hydrogens (tertiary/aromatic N) is 3. The van der Waals surface area contributed by atoms with Crippen LogP contribution in [0.4, 0.5) is 0 Å². The standard InChI is InChI=1S/C16H28N4/c1-5-17-16(18-12-13-19(3)6-2)20(4)14-15-10-8-7-9-11-15/h7-11H,5-6,12-14H2,1-4H3,(H,17,18). The number of nitrogens with one attached hydrogen (secondary N) is 1. The number of aliphatic imine (C=N–C) groups is 1. The Hall–Kier alpha value is -1.55. The second-order valence-corrected chi connectivity index (χ2v) is 4.97. The molecule has 0 amide bonds. The number of likely N-dealkylation sites (N-methyl/N-ethyl adjacent to an activating group) is 1. The molecule has 112 valence electrons. The summed E-state index contributed by atoms with van der Waals surface area (Å²) in [5.74, 6) is 0.973. The van der Waals surface area contributed by atoms with Crippen LogP contribution in [0.3, 0.4) is 0 Å². The van der Waals surface area contributed by atoms with Gasteiger partial charge in [-0.15, -0.1) is 0 Å². The first-order chi connectivity index (χ1) is 9.67. The van der Waals surface area contributed by atoms with Gasteiger partial charge in [0, 0.05) is 26.7 Å². The van der Waals surface area contributed by atoms with E-state index in [2.05, 4.69) is 72.3 Å². The van der Waals surface area contributed by atoms with E-state index in [1.807, 2.05) is 6.07 Å². The summed E-state index contributed by atoms with van der Waals surface area (Å²) in [7, 11) is 4.20. The van der Waals surface area contributed by atoms with Gasteiger partial charge in [-0.25, -0.2) is 0 Å². The molecule has 4 nitrogen and oxygen atoms in total. The molecule has 0 heterocycles. The van der Waals surface area contributed by atoms with Crippen LogP contribution < -0.4 is 5.32 Å². The molecule has 1 aromatic carbocycles. The zero-order chi connectivity index (χ0) is 14.8. The third kappa shape index (κ3) is 6.06. The smallest absolute Gasteiger partial charge is 0.194 e. The fourth-order valence-corrected chi connectivity index (χ4v) is 1.89. The van der Waals surface area contributed by atoms with Crippen LogP contribution in [0.15, 0.2) is 35.3 Å². The van der Waals surface area contributed by atoms with Gasteiger partial charge in [-0.1, -0.05) is 37.3 Å². The molecule has 1 aromatic rings. The van der Waals surface area contributed by atoms with Gasteiger partial charge in [-0.05, 0) is 26.1 Å². The van der Waals surface area contributed by atoms with Crippen LogP contribution in [0.2, 0.25) is 0 Å². The van der Waals surface area contributed by atoms with Gasteiger partial charge < -0.3 is 15.1 Å². The van der Waals surface area contributed by atoms with Gasteiger partial charge in [0.2, 0.25) is 0 Å². The van der Waals surface area contributed by atoms with E-state index >= 15 is 0 Å². The average Bonchev–Trinajstić information content (AvgIpc) is 2.47. The molecule has 0 radical (unpaired) electrons. The van der Waals surface area contributed by atoms with E-state index in [1.54, 1.807) is 0 Å². The monoisotopic (exact) mass is 276 g/mol. The molecule has 4 heteroatoms. The Morgan fingerprint density at radius 1 is 1.15 bits per heavy atom. The molecule has 0 aromatic heterocycles. The Labute approximate surface area is 123 Å². The van der Waals surface area contributed by atoms with Crippen molar-refractivity contribution in [1.29, 1.82) is 0 Å². The van der Waals surface area contributed by atoms with E-state index in [9.17, 15) is 0 Å². The van der Waals surface area contributed by atoms with Gasteiger partial charge in [-0.3, -0.25) is 4.99 Å². The number of guanidine groups is 1. The van der Waals surface area contributed by atoms with Crippen LogP contribution in [0.5, 0.6) is 0 Å². The molecule has 0 saturated carbocycles. The molecule has 1 N–H and O–H groups in total. The Balaban J connectivity index is 2.57. The lowest BCUT2D eigenvalue weighted by Gasteiger charge is -2.22. The van der Waals surface area contributed by atoms with Crippen LogP contribution in [0.25, 0.3) is 0 Å². The van der Waals surface area contributed by atoms with Crippen LogP contribution in [0.1, 0.15) is 19.4 Å². The molecule has 0 aliphatic carbocycles. The molecule has 1 rings (SSSR count). The van der Waals surface area contributed by atoms with Crippen molar-refractivity contribution < 1.29 is 0 Å². The summed E-state index contributed by atoms with van der Waals surface area (Å²) in [6, 6.07) is 10.5. The summed E-state index contributed by atoms with van der Waals surface area (Å²) in [6.07, 6.45) is 0. The van der Waals surface area contributed by atoms with Gasteiger partial charge in [0.15, 0.2) is 5.96 Å².